The molecule has 9 nitrogen and oxygen atoms in total. The summed E-state index contributed by atoms with van der Waals surface area (Å²) in [6.07, 6.45) is 3.11. The van der Waals surface area contributed by atoms with Crippen LogP contribution in [0, 0.1) is 17.6 Å². The van der Waals surface area contributed by atoms with E-state index < -0.39 is 46.4 Å². The van der Waals surface area contributed by atoms with E-state index in [9.17, 15) is 19.1 Å². The lowest BCUT2D eigenvalue weighted by atomic mass is 9.91. The Kier molecular flexibility index (Phi) is 9.12. The molecule has 0 bridgehead atoms. The first kappa shape index (κ1) is 31.5. The second-order valence-electron chi connectivity index (χ2n) is 11.4. The number of carbonyl (C=O) groups is 1. The van der Waals surface area contributed by atoms with Gasteiger partial charge in [0.2, 0.25) is 5.91 Å². The van der Waals surface area contributed by atoms with Gasteiger partial charge in [-0.25, -0.2) is 18.6 Å². The topological polar surface area (TPSA) is 104 Å². The molecule has 228 valence electrons. The molecule has 1 aliphatic heterocycles. The van der Waals surface area contributed by atoms with Crippen molar-refractivity contribution in [1.82, 2.24) is 19.4 Å². The van der Waals surface area contributed by atoms with E-state index in [1.165, 1.54) is 28.8 Å². The molecule has 1 fully saturated rings. The summed E-state index contributed by atoms with van der Waals surface area (Å²) in [5.74, 6) is -2.32. The lowest BCUT2D eigenvalue weighted by molar-refractivity contribution is -0.130. The van der Waals surface area contributed by atoms with Crippen LogP contribution >= 0.6 is 0 Å². The molecule has 11 heteroatoms. The Bertz CT molecular complexity index is 1630. The van der Waals surface area contributed by atoms with Crippen molar-refractivity contribution in [2.24, 2.45) is 10.9 Å². The van der Waals surface area contributed by atoms with Crippen LogP contribution in [0.15, 0.2) is 58.4 Å². The van der Waals surface area contributed by atoms with Gasteiger partial charge in [0.1, 0.15) is 28.7 Å². The summed E-state index contributed by atoms with van der Waals surface area (Å²) in [7, 11) is 0. The summed E-state index contributed by atoms with van der Waals surface area (Å²) in [5, 5.41) is 10.7. The minimum absolute atomic E-state index is 0.0493. The highest BCUT2D eigenvalue weighted by molar-refractivity contribution is 5.91. The Labute approximate surface area is 249 Å². The van der Waals surface area contributed by atoms with Gasteiger partial charge in [0.15, 0.2) is 5.82 Å². The molecule has 0 unspecified atom stereocenters. The fraction of sp³-hybridized carbons (Fsp3) is 0.406. The van der Waals surface area contributed by atoms with E-state index in [1.54, 1.807) is 4.90 Å². The van der Waals surface area contributed by atoms with E-state index in [4.69, 9.17) is 0 Å². The number of phenols is 1. The van der Waals surface area contributed by atoms with Crippen LogP contribution in [0.1, 0.15) is 47.6 Å². The van der Waals surface area contributed by atoms with E-state index >= 15 is 4.39 Å². The second kappa shape index (κ2) is 12.4. The Morgan fingerprint density at radius 2 is 1.81 bits per heavy atom. The number of aromatic hydroxyl groups is 1. The zero-order valence-corrected chi connectivity index (χ0v) is 25.4. The summed E-state index contributed by atoms with van der Waals surface area (Å²) in [6, 6.07) is 3.12. The fourth-order valence-electron chi connectivity index (χ4n) is 6.04. The molecule has 3 aromatic rings. The number of aromatic nitrogens is 3. The third-order valence-corrected chi connectivity index (χ3v) is 8.13. The molecule has 0 saturated carbocycles. The van der Waals surface area contributed by atoms with Crippen molar-refractivity contribution in [3.63, 3.8) is 0 Å². The van der Waals surface area contributed by atoms with E-state index in [1.807, 2.05) is 52.5 Å². The van der Waals surface area contributed by atoms with Crippen LogP contribution in [-0.2, 0) is 4.79 Å². The minimum Gasteiger partial charge on any atom is -0.507 e. The first-order valence-corrected chi connectivity index (χ1v) is 14.2. The number of benzene rings is 1. The maximum Gasteiger partial charge on any atom is 0.351 e. The van der Waals surface area contributed by atoms with E-state index in [-0.39, 0.29) is 40.8 Å². The average Bonchev–Trinajstić information content (AvgIpc) is 2.95. The Morgan fingerprint density at radius 3 is 2.35 bits per heavy atom. The number of nitrogens with zero attached hydrogens (tertiary/aromatic N) is 6. The Morgan fingerprint density at radius 1 is 1.16 bits per heavy atom. The van der Waals surface area contributed by atoms with Gasteiger partial charge >= 0.3 is 5.69 Å². The van der Waals surface area contributed by atoms with Crippen LogP contribution in [0.4, 0.5) is 14.6 Å². The van der Waals surface area contributed by atoms with E-state index in [0.717, 1.165) is 11.6 Å². The SMILES string of the molecule is C=CC(=O)N1[C@H](C)CN(c2nc(=O)n([C@@H](/C(C)=C\C)[C@@H](N=C)C(C)C)c3nc(-c4c(O)cccc4F)c(F)cc23)C[C@@H]1C. The summed E-state index contributed by atoms with van der Waals surface area (Å²) >= 11 is 0. The smallest absolute Gasteiger partial charge is 0.351 e. The predicted molar refractivity (Wildman–Crippen MR) is 166 cm³/mol. The number of fused-ring (bicyclic) bond motifs is 1. The lowest BCUT2D eigenvalue weighted by Gasteiger charge is -2.44. The predicted octanol–water partition coefficient (Wildman–Crippen LogP) is 5.29. The molecule has 4 atom stereocenters. The maximum atomic E-state index is 15.9. The van der Waals surface area contributed by atoms with Crippen molar-refractivity contribution >= 4 is 29.5 Å². The summed E-state index contributed by atoms with van der Waals surface area (Å²) in [5.41, 5.74) is -0.680. The van der Waals surface area contributed by atoms with Crippen molar-refractivity contribution in [3.8, 4) is 17.0 Å². The van der Waals surface area contributed by atoms with E-state index in [2.05, 4.69) is 28.3 Å². The molecule has 1 N–H and O–H groups in total. The highest BCUT2D eigenvalue weighted by Gasteiger charge is 2.36. The number of halogens is 2. The molecule has 0 radical (unpaired) electrons. The monoisotopic (exact) mass is 592 g/mol. The highest BCUT2D eigenvalue weighted by Crippen LogP contribution is 2.37. The number of anilines is 1. The van der Waals surface area contributed by atoms with Gasteiger partial charge in [-0.15, -0.1) is 0 Å². The standard InChI is InChI=1S/C32H38F2N6O3/c1-9-18(5)29(27(35-8)17(3)4)40-31-21(14-23(34)28(36-31)26-22(33)12-11-13-24(26)41)30(37-32(40)43)38-15-19(6)39(20(7)16-38)25(42)10-2/h9-14,17,19-20,27,29,41H,2,8,15-16H2,1,3-7H3/b18-9-/t19-,20+,27-,29-/m0/s1. The van der Waals surface area contributed by atoms with Gasteiger partial charge in [-0.05, 0) is 64.6 Å². The third-order valence-electron chi connectivity index (χ3n) is 8.13. The van der Waals surface area contributed by atoms with Crippen LogP contribution in [-0.4, -0.2) is 68.4 Å². The van der Waals surface area contributed by atoms with Gasteiger partial charge in [-0.2, -0.15) is 4.98 Å². The molecular formula is C32H38F2N6O3. The largest absolute Gasteiger partial charge is 0.507 e. The van der Waals surface area contributed by atoms with Crippen molar-refractivity contribution in [1.29, 1.82) is 0 Å². The van der Waals surface area contributed by atoms with Crippen molar-refractivity contribution in [3.05, 3.63) is 70.7 Å². The minimum atomic E-state index is -0.899. The third kappa shape index (κ3) is 5.68. The number of phenolic OH excluding ortho intramolecular Hbond substituents is 1. The molecule has 1 aromatic carbocycles. The number of carbonyl (C=O) groups excluding carboxylic acids is 1. The Hall–Kier alpha value is -4.41. The lowest BCUT2D eigenvalue weighted by Crippen LogP contribution is -2.58. The molecule has 2 aromatic heterocycles. The van der Waals surface area contributed by atoms with Crippen LogP contribution in [0.5, 0.6) is 5.75 Å². The highest BCUT2D eigenvalue weighted by atomic mass is 19.1. The summed E-state index contributed by atoms with van der Waals surface area (Å²) in [4.78, 5) is 43.5. The number of piperazine rings is 1. The first-order chi connectivity index (χ1) is 20.4. The molecule has 0 spiro atoms. The molecule has 1 amide bonds. The van der Waals surface area contributed by atoms with Crippen LogP contribution in [0.25, 0.3) is 22.3 Å². The number of amides is 1. The zero-order valence-electron chi connectivity index (χ0n) is 25.4. The molecule has 4 rings (SSSR count). The van der Waals surface area contributed by atoms with E-state index in [0.29, 0.717) is 13.1 Å². The van der Waals surface area contributed by atoms with Crippen LogP contribution in [0.3, 0.4) is 0 Å². The molecule has 1 aliphatic rings. The number of pyridine rings is 1. The van der Waals surface area contributed by atoms with Crippen molar-refractivity contribution in [2.75, 3.05) is 18.0 Å². The van der Waals surface area contributed by atoms with Gasteiger partial charge in [0, 0.05) is 25.2 Å². The molecule has 43 heavy (non-hydrogen) atoms. The van der Waals surface area contributed by atoms with Gasteiger partial charge in [0.25, 0.3) is 0 Å². The van der Waals surface area contributed by atoms with Gasteiger partial charge < -0.3 is 14.9 Å². The fourth-order valence-corrected chi connectivity index (χ4v) is 6.04. The average molecular weight is 593 g/mol. The van der Waals surface area contributed by atoms with Crippen LogP contribution in [0.2, 0.25) is 0 Å². The van der Waals surface area contributed by atoms with Crippen molar-refractivity contribution in [2.45, 2.75) is 65.7 Å². The maximum absolute atomic E-state index is 15.9. The van der Waals surface area contributed by atoms with Gasteiger partial charge in [0.05, 0.1) is 23.0 Å². The zero-order chi connectivity index (χ0) is 31.7. The van der Waals surface area contributed by atoms with Gasteiger partial charge in [-0.3, -0.25) is 14.4 Å². The van der Waals surface area contributed by atoms with Crippen LogP contribution < -0.4 is 10.6 Å². The van der Waals surface area contributed by atoms with Gasteiger partial charge in [-0.1, -0.05) is 38.1 Å². The normalized spacial score (nSPS) is 19.0. The molecular weight excluding hydrogens is 554 g/mol. The second-order valence-corrected chi connectivity index (χ2v) is 11.4. The summed E-state index contributed by atoms with van der Waals surface area (Å²) in [6.45, 7) is 19.3. The Balaban J connectivity index is 2.08. The van der Waals surface area contributed by atoms with Crippen molar-refractivity contribution < 1.29 is 18.7 Å². The number of allylic oxidation sites excluding steroid dienone is 1. The molecule has 1 saturated heterocycles. The quantitative estimate of drug-likeness (QED) is 0.217. The number of rotatable bonds is 8. The first-order valence-electron chi connectivity index (χ1n) is 14.2. The number of hydrogen-bond donors (Lipinski definition) is 1. The summed E-state index contributed by atoms with van der Waals surface area (Å²) < 4.78 is 32.3. The molecule has 3 heterocycles. The number of hydrogen-bond acceptors (Lipinski definition) is 7. The molecule has 0 aliphatic carbocycles. The number of aliphatic imine (C=N–C) groups is 1.